The number of halogens is 1. The van der Waals surface area contributed by atoms with Crippen LogP contribution in [0.2, 0.25) is 5.02 Å². The Morgan fingerprint density at radius 1 is 0.938 bits per heavy atom. The van der Waals surface area contributed by atoms with E-state index in [4.69, 9.17) is 16.3 Å². The van der Waals surface area contributed by atoms with Gasteiger partial charge in [-0.2, -0.15) is 4.31 Å². The first kappa shape index (κ1) is 22.5. The van der Waals surface area contributed by atoms with Crippen LogP contribution in [-0.4, -0.2) is 44.2 Å². The summed E-state index contributed by atoms with van der Waals surface area (Å²) in [5, 5.41) is 2.35. The molecule has 0 aliphatic carbocycles. The Morgan fingerprint density at radius 3 is 2.28 bits per heavy atom. The standard InChI is InChI=1S/C24H22ClNO5S/c25-21-8-5-18(6-9-21)23(27)16-31-24(28)19-11-13-26(14-12-19)32(29,30)22-10-7-17-3-1-2-4-20(17)15-22/h1-10,15,19H,11-14,16H2. The molecule has 1 fully saturated rings. The molecular formula is C24H22ClNO5S. The van der Waals surface area contributed by atoms with Crippen molar-refractivity contribution < 1.29 is 22.7 Å². The van der Waals surface area contributed by atoms with Gasteiger partial charge in [0.15, 0.2) is 12.4 Å². The van der Waals surface area contributed by atoms with Crippen LogP contribution in [0, 0.1) is 5.92 Å². The van der Waals surface area contributed by atoms with Crippen molar-refractivity contribution >= 4 is 44.1 Å². The maximum Gasteiger partial charge on any atom is 0.309 e. The number of Topliss-reactive ketones (excluding diaryl/α,β-unsaturated/α-hetero) is 1. The highest BCUT2D eigenvalue weighted by atomic mass is 35.5. The third-order valence-electron chi connectivity index (χ3n) is 5.66. The van der Waals surface area contributed by atoms with E-state index >= 15 is 0 Å². The van der Waals surface area contributed by atoms with Gasteiger partial charge in [-0.3, -0.25) is 9.59 Å². The predicted molar refractivity (Wildman–Crippen MR) is 122 cm³/mol. The van der Waals surface area contributed by atoms with Crippen LogP contribution in [0.1, 0.15) is 23.2 Å². The Kier molecular flexibility index (Phi) is 6.60. The summed E-state index contributed by atoms with van der Waals surface area (Å²) in [5.74, 6) is -1.22. The van der Waals surface area contributed by atoms with Crippen LogP contribution in [-0.2, 0) is 19.6 Å². The fraction of sp³-hybridized carbons (Fsp3) is 0.250. The number of carbonyl (C=O) groups is 2. The number of sulfonamides is 1. The van der Waals surface area contributed by atoms with Crippen LogP contribution in [0.4, 0.5) is 0 Å². The molecule has 166 valence electrons. The van der Waals surface area contributed by atoms with Crippen molar-refractivity contribution in [3.05, 3.63) is 77.3 Å². The average Bonchev–Trinajstić information content (AvgIpc) is 2.82. The van der Waals surface area contributed by atoms with Gasteiger partial charge in [-0.05, 0) is 60.0 Å². The van der Waals surface area contributed by atoms with Gasteiger partial charge in [0, 0.05) is 23.7 Å². The van der Waals surface area contributed by atoms with Crippen molar-refractivity contribution in [2.24, 2.45) is 5.92 Å². The second-order valence-corrected chi connectivity index (χ2v) is 10.1. The van der Waals surface area contributed by atoms with E-state index in [1.165, 1.54) is 4.31 Å². The zero-order chi connectivity index (χ0) is 22.7. The molecule has 0 radical (unpaired) electrons. The third-order valence-corrected chi connectivity index (χ3v) is 7.80. The number of ether oxygens (including phenoxy) is 1. The van der Waals surface area contributed by atoms with Crippen molar-refractivity contribution in [1.29, 1.82) is 0 Å². The summed E-state index contributed by atoms with van der Waals surface area (Å²) in [6.07, 6.45) is 0.696. The van der Waals surface area contributed by atoms with Crippen molar-refractivity contribution in [2.45, 2.75) is 17.7 Å². The number of hydrogen-bond donors (Lipinski definition) is 0. The molecule has 0 unspecified atom stereocenters. The van der Waals surface area contributed by atoms with Gasteiger partial charge in [0.05, 0.1) is 10.8 Å². The Hall–Kier alpha value is -2.74. The van der Waals surface area contributed by atoms with E-state index in [1.54, 1.807) is 42.5 Å². The fourth-order valence-electron chi connectivity index (χ4n) is 3.78. The van der Waals surface area contributed by atoms with E-state index in [0.29, 0.717) is 23.4 Å². The monoisotopic (exact) mass is 471 g/mol. The first-order chi connectivity index (χ1) is 15.3. The highest BCUT2D eigenvalue weighted by molar-refractivity contribution is 7.89. The molecule has 1 heterocycles. The number of hydrogen-bond acceptors (Lipinski definition) is 5. The number of rotatable bonds is 6. The maximum atomic E-state index is 13.1. The molecule has 0 bridgehead atoms. The Balaban J connectivity index is 1.34. The lowest BCUT2D eigenvalue weighted by molar-refractivity contribution is -0.148. The van der Waals surface area contributed by atoms with Gasteiger partial charge in [0.2, 0.25) is 10.0 Å². The molecular weight excluding hydrogens is 450 g/mol. The van der Waals surface area contributed by atoms with Crippen LogP contribution in [0.3, 0.4) is 0 Å². The summed E-state index contributed by atoms with van der Waals surface area (Å²) in [6, 6.07) is 19.0. The normalized spacial score (nSPS) is 15.5. The molecule has 0 amide bonds. The molecule has 1 aliphatic heterocycles. The summed E-state index contributed by atoms with van der Waals surface area (Å²) in [5.41, 5.74) is 0.415. The van der Waals surface area contributed by atoms with Crippen LogP contribution >= 0.6 is 11.6 Å². The zero-order valence-corrected chi connectivity index (χ0v) is 18.8. The minimum absolute atomic E-state index is 0.222. The first-order valence-corrected chi connectivity index (χ1v) is 12.1. The maximum absolute atomic E-state index is 13.1. The lowest BCUT2D eigenvalue weighted by Gasteiger charge is -2.30. The van der Waals surface area contributed by atoms with Crippen molar-refractivity contribution in [2.75, 3.05) is 19.7 Å². The SMILES string of the molecule is O=C(COC(=O)C1CCN(S(=O)(=O)c2ccc3ccccc3c2)CC1)c1ccc(Cl)cc1. The highest BCUT2D eigenvalue weighted by Gasteiger charge is 2.33. The quantitative estimate of drug-likeness (QED) is 0.395. The zero-order valence-electron chi connectivity index (χ0n) is 17.2. The van der Waals surface area contributed by atoms with Gasteiger partial charge >= 0.3 is 5.97 Å². The molecule has 32 heavy (non-hydrogen) atoms. The third kappa shape index (κ3) is 4.85. The lowest BCUT2D eigenvalue weighted by atomic mass is 9.98. The molecule has 1 aliphatic rings. The number of carbonyl (C=O) groups excluding carboxylic acids is 2. The van der Waals surface area contributed by atoms with E-state index in [9.17, 15) is 18.0 Å². The Labute approximate surface area is 191 Å². The highest BCUT2D eigenvalue weighted by Crippen LogP contribution is 2.27. The van der Waals surface area contributed by atoms with Crippen LogP contribution in [0.5, 0.6) is 0 Å². The summed E-state index contributed by atoms with van der Waals surface area (Å²) in [6.45, 7) is 0.0934. The second-order valence-electron chi connectivity index (χ2n) is 7.73. The van der Waals surface area contributed by atoms with Crippen molar-refractivity contribution in [1.82, 2.24) is 4.31 Å². The van der Waals surface area contributed by atoms with Gasteiger partial charge in [0.25, 0.3) is 0 Å². The molecule has 0 saturated carbocycles. The number of nitrogens with zero attached hydrogens (tertiary/aromatic N) is 1. The number of esters is 1. The molecule has 4 rings (SSSR count). The molecule has 3 aromatic rings. The molecule has 0 atom stereocenters. The second kappa shape index (κ2) is 9.40. The number of piperidine rings is 1. The molecule has 6 nitrogen and oxygen atoms in total. The van der Waals surface area contributed by atoms with Gasteiger partial charge in [-0.15, -0.1) is 0 Å². The molecule has 0 N–H and O–H groups in total. The van der Waals surface area contributed by atoms with E-state index in [1.807, 2.05) is 24.3 Å². The lowest BCUT2D eigenvalue weighted by Crippen LogP contribution is -2.40. The summed E-state index contributed by atoms with van der Waals surface area (Å²) in [4.78, 5) is 24.8. The largest absolute Gasteiger partial charge is 0.457 e. The topological polar surface area (TPSA) is 80.8 Å². The fourth-order valence-corrected chi connectivity index (χ4v) is 5.41. The molecule has 0 spiro atoms. The van der Waals surface area contributed by atoms with Crippen LogP contribution in [0.25, 0.3) is 10.8 Å². The van der Waals surface area contributed by atoms with E-state index in [2.05, 4.69) is 0 Å². The van der Waals surface area contributed by atoms with Crippen LogP contribution in [0.15, 0.2) is 71.6 Å². The molecule has 3 aromatic carbocycles. The number of ketones is 1. The summed E-state index contributed by atoms with van der Waals surface area (Å²) >= 11 is 5.81. The van der Waals surface area contributed by atoms with Gasteiger partial charge in [-0.1, -0.05) is 41.9 Å². The molecule has 1 saturated heterocycles. The van der Waals surface area contributed by atoms with Gasteiger partial charge < -0.3 is 4.74 Å². The molecule has 8 heteroatoms. The summed E-state index contributed by atoms with van der Waals surface area (Å²) < 4.78 is 32.7. The van der Waals surface area contributed by atoms with E-state index in [-0.39, 0.29) is 30.4 Å². The first-order valence-electron chi connectivity index (χ1n) is 10.3. The number of benzene rings is 3. The predicted octanol–water partition coefficient (Wildman–Crippen LogP) is 4.32. The Bertz CT molecular complexity index is 1250. The Morgan fingerprint density at radius 2 is 1.59 bits per heavy atom. The molecule has 0 aromatic heterocycles. The minimum atomic E-state index is -3.65. The van der Waals surface area contributed by atoms with Gasteiger partial charge in [0.1, 0.15) is 0 Å². The van der Waals surface area contributed by atoms with Crippen molar-refractivity contribution in [3.8, 4) is 0 Å². The average molecular weight is 472 g/mol. The van der Waals surface area contributed by atoms with Crippen LogP contribution < -0.4 is 0 Å². The van der Waals surface area contributed by atoms with Gasteiger partial charge in [-0.25, -0.2) is 8.42 Å². The van der Waals surface area contributed by atoms with E-state index in [0.717, 1.165) is 10.8 Å². The summed E-state index contributed by atoms with van der Waals surface area (Å²) in [7, 11) is -3.65. The van der Waals surface area contributed by atoms with Crippen molar-refractivity contribution in [3.63, 3.8) is 0 Å². The smallest absolute Gasteiger partial charge is 0.309 e. The number of fused-ring (bicyclic) bond motifs is 1. The van der Waals surface area contributed by atoms with E-state index < -0.39 is 21.9 Å². The minimum Gasteiger partial charge on any atom is -0.457 e.